The molecule has 3 aliphatic heterocycles. The fourth-order valence-corrected chi connectivity index (χ4v) is 4.52. The van der Waals surface area contributed by atoms with Gasteiger partial charge >= 0.3 is 0 Å². The lowest BCUT2D eigenvalue weighted by atomic mass is 9.69. The van der Waals surface area contributed by atoms with E-state index in [1.807, 2.05) is 26.8 Å². The molecule has 0 aromatic carbocycles. The van der Waals surface area contributed by atoms with Crippen molar-refractivity contribution < 1.29 is 9.47 Å². The van der Waals surface area contributed by atoms with E-state index >= 15 is 0 Å². The highest BCUT2D eigenvalue weighted by molar-refractivity contribution is 6.30. The first-order chi connectivity index (χ1) is 13.0. The zero-order chi connectivity index (χ0) is 19.8. The van der Waals surface area contributed by atoms with Gasteiger partial charge in [-0.05, 0) is 50.1 Å². The summed E-state index contributed by atoms with van der Waals surface area (Å²) in [5.74, 6) is 1.72. The molecule has 4 heterocycles. The summed E-state index contributed by atoms with van der Waals surface area (Å²) < 4.78 is 12.5. The highest BCUT2D eigenvalue weighted by atomic mass is 35.5. The van der Waals surface area contributed by atoms with Crippen LogP contribution in [0, 0.1) is 11.8 Å². The summed E-state index contributed by atoms with van der Waals surface area (Å²) in [5.41, 5.74) is 1.91. The van der Waals surface area contributed by atoms with Gasteiger partial charge in [0, 0.05) is 31.6 Å². The van der Waals surface area contributed by atoms with Gasteiger partial charge in [0.1, 0.15) is 5.69 Å². The summed E-state index contributed by atoms with van der Waals surface area (Å²) in [7, 11) is 2.20. The summed E-state index contributed by atoms with van der Waals surface area (Å²) in [4.78, 5) is 6.83. The molecule has 0 amide bonds. The van der Waals surface area contributed by atoms with Gasteiger partial charge in [0.2, 0.25) is 0 Å². The lowest BCUT2D eigenvalue weighted by Gasteiger charge is -2.38. The zero-order valence-corrected chi connectivity index (χ0v) is 17.6. The van der Waals surface area contributed by atoms with Crippen LogP contribution >= 0.6 is 11.6 Å². The van der Waals surface area contributed by atoms with Gasteiger partial charge in [-0.25, -0.2) is 0 Å². The van der Waals surface area contributed by atoms with E-state index in [-0.39, 0.29) is 0 Å². The Labute approximate surface area is 167 Å². The lowest BCUT2D eigenvalue weighted by Crippen LogP contribution is -2.39. The highest BCUT2D eigenvalue weighted by Gasteiger charge is 2.54. The Morgan fingerprint density at radius 1 is 1.37 bits per heavy atom. The maximum absolute atomic E-state index is 6.34. The predicted octanol–water partition coefficient (Wildman–Crippen LogP) is 5.27. The summed E-state index contributed by atoms with van der Waals surface area (Å²) in [6.07, 6.45) is 6.76. The molecule has 1 aromatic rings. The Balaban J connectivity index is 0.00000102. The number of halogens is 1. The first-order valence-electron chi connectivity index (χ1n) is 9.70. The van der Waals surface area contributed by atoms with E-state index in [0.29, 0.717) is 34.4 Å². The molecule has 4 unspecified atom stereocenters. The average Bonchev–Trinajstić information content (AvgIpc) is 3.32. The summed E-state index contributed by atoms with van der Waals surface area (Å²) in [5, 5.41) is 0.589. The van der Waals surface area contributed by atoms with E-state index in [4.69, 9.17) is 21.1 Å². The second-order valence-corrected chi connectivity index (χ2v) is 7.62. The molecule has 146 valence electrons. The SMILES string of the molecule is C=CC1=C(/C(=C\C)C2C3CC2N(C)C3)OC(C)(c2ccc(Cl)cn2)O1.CC. The van der Waals surface area contributed by atoms with Crippen LogP contribution < -0.4 is 0 Å². The number of ether oxygens (including phenoxy) is 2. The van der Waals surface area contributed by atoms with Crippen LogP contribution in [0.1, 0.15) is 39.8 Å². The topological polar surface area (TPSA) is 34.6 Å². The smallest absolute Gasteiger partial charge is 0.292 e. The first kappa shape index (κ1) is 20.0. The fourth-order valence-electron chi connectivity index (χ4n) is 4.41. The minimum atomic E-state index is -0.966. The predicted molar refractivity (Wildman–Crippen MR) is 109 cm³/mol. The number of nitrogens with zero attached hydrogens (tertiary/aromatic N) is 2. The number of hydrogen-bond donors (Lipinski definition) is 0. The van der Waals surface area contributed by atoms with Gasteiger partial charge in [-0.2, -0.15) is 0 Å². The Morgan fingerprint density at radius 2 is 2.11 bits per heavy atom. The molecular formula is C22H29ClN2O2. The van der Waals surface area contributed by atoms with E-state index in [9.17, 15) is 0 Å². The fraction of sp³-hybridized carbons (Fsp3) is 0.500. The molecule has 27 heavy (non-hydrogen) atoms. The summed E-state index contributed by atoms with van der Waals surface area (Å²) in [6.45, 7) is 13.0. The van der Waals surface area contributed by atoms with Crippen molar-refractivity contribution in [2.45, 2.75) is 45.9 Å². The molecule has 4 nitrogen and oxygen atoms in total. The van der Waals surface area contributed by atoms with Crippen LogP contribution in [0.5, 0.6) is 0 Å². The maximum atomic E-state index is 6.34. The van der Waals surface area contributed by atoms with Crippen LogP contribution in [0.15, 0.2) is 54.2 Å². The van der Waals surface area contributed by atoms with Crippen LogP contribution in [0.2, 0.25) is 5.02 Å². The Kier molecular flexibility index (Phi) is 5.68. The van der Waals surface area contributed by atoms with Gasteiger partial charge < -0.3 is 14.4 Å². The van der Waals surface area contributed by atoms with Crippen LogP contribution in [-0.4, -0.2) is 29.5 Å². The van der Waals surface area contributed by atoms with Crippen LogP contribution in [0.4, 0.5) is 0 Å². The minimum Gasteiger partial charge on any atom is -0.443 e. The highest BCUT2D eigenvalue weighted by Crippen LogP contribution is 2.53. The largest absolute Gasteiger partial charge is 0.443 e. The monoisotopic (exact) mass is 388 g/mol. The molecule has 2 saturated heterocycles. The van der Waals surface area contributed by atoms with Crippen molar-refractivity contribution in [2.75, 3.05) is 13.6 Å². The van der Waals surface area contributed by atoms with E-state index in [2.05, 4.69) is 36.5 Å². The van der Waals surface area contributed by atoms with Crippen molar-refractivity contribution in [1.82, 2.24) is 9.88 Å². The Bertz CT molecular complexity index is 771. The third-order valence-corrected chi connectivity index (χ3v) is 5.91. The molecule has 1 saturated carbocycles. The van der Waals surface area contributed by atoms with Crippen molar-refractivity contribution in [1.29, 1.82) is 0 Å². The molecule has 2 bridgehead atoms. The number of pyridine rings is 1. The molecule has 3 fully saturated rings. The lowest BCUT2D eigenvalue weighted by molar-refractivity contribution is -0.147. The van der Waals surface area contributed by atoms with Crippen LogP contribution in [0.25, 0.3) is 0 Å². The number of allylic oxidation sites excluding steroid dienone is 3. The number of rotatable bonds is 4. The minimum absolute atomic E-state index is 0.504. The number of fused-ring (bicyclic) bond motifs is 1. The molecule has 0 spiro atoms. The molecule has 1 aliphatic carbocycles. The molecule has 1 aromatic heterocycles. The van der Waals surface area contributed by atoms with Crippen LogP contribution in [-0.2, 0) is 15.3 Å². The molecule has 4 atom stereocenters. The third-order valence-electron chi connectivity index (χ3n) is 5.69. The Morgan fingerprint density at radius 3 is 2.59 bits per heavy atom. The van der Waals surface area contributed by atoms with Gasteiger partial charge in [-0.15, -0.1) is 0 Å². The van der Waals surface area contributed by atoms with E-state index in [1.165, 1.54) is 12.0 Å². The number of hydrogen-bond acceptors (Lipinski definition) is 4. The van der Waals surface area contributed by atoms with Gasteiger partial charge in [0.15, 0.2) is 11.5 Å². The molecule has 5 heteroatoms. The van der Waals surface area contributed by atoms with Crippen molar-refractivity contribution in [3.05, 3.63) is 64.9 Å². The summed E-state index contributed by atoms with van der Waals surface area (Å²) >= 11 is 5.96. The number of aromatic nitrogens is 1. The molecule has 5 rings (SSSR count). The van der Waals surface area contributed by atoms with E-state index in [0.717, 1.165) is 12.3 Å². The zero-order valence-electron chi connectivity index (χ0n) is 16.8. The van der Waals surface area contributed by atoms with Crippen LogP contribution in [0.3, 0.4) is 0 Å². The first-order valence-corrected chi connectivity index (χ1v) is 10.1. The van der Waals surface area contributed by atoms with Gasteiger partial charge in [0.25, 0.3) is 5.79 Å². The average molecular weight is 389 g/mol. The quantitative estimate of drug-likeness (QED) is 0.703. The van der Waals surface area contributed by atoms with Gasteiger partial charge in [-0.3, -0.25) is 4.98 Å². The van der Waals surface area contributed by atoms with Crippen molar-refractivity contribution in [3.8, 4) is 0 Å². The van der Waals surface area contributed by atoms with E-state index < -0.39 is 5.79 Å². The Hall–Kier alpha value is -1.78. The van der Waals surface area contributed by atoms with Gasteiger partial charge in [-0.1, -0.05) is 38.1 Å². The van der Waals surface area contributed by atoms with Crippen molar-refractivity contribution in [3.63, 3.8) is 0 Å². The normalized spacial score (nSPS) is 32.2. The summed E-state index contributed by atoms with van der Waals surface area (Å²) in [6, 6.07) is 4.23. The molecule has 0 N–H and O–H groups in total. The second kappa shape index (κ2) is 7.69. The second-order valence-electron chi connectivity index (χ2n) is 7.18. The third kappa shape index (κ3) is 3.30. The standard InChI is InChI=1S/C20H23ClN2O2.C2H6/c1-5-14(18-12-9-15(18)23(4)11-12)19-16(6-2)24-20(3,25-19)17-8-7-13(21)10-22-17;1-2/h5-8,10,12,15,18H,2,9,11H2,1,3-4H3;1-2H3/b14-5-;. The van der Waals surface area contributed by atoms with Crippen molar-refractivity contribution >= 4 is 11.6 Å². The molecule has 4 aliphatic rings. The molecule has 0 radical (unpaired) electrons. The molecular weight excluding hydrogens is 360 g/mol. The van der Waals surface area contributed by atoms with E-state index in [1.54, 1.807) is 18.3 Å². The van der Waals surface area contributed by atoms with Crippen molar-refractivity contribution in [2.24, 2.45) is 11.8 Å². The van der Waals surface area contributed by atoms with Gasteiger partial charge in [0.05, 0.1) is 5.02 Å². The maximum Gasteiger partial charge on any atom is 0.292 e.